The summed E-state index contributed by atoms with van der Waals surface area (Å²) in [4.78, 5) is 13.1. The smallest absolute Gasteiger partial charge is 0.220 e. The summed E-state index contributed by atoms with van der Waals surface area (Å²) in [5, 5.41) is 86.5. The quantitative estimate of drug-likeness (QED) is 0.0292. The van der Waals surface area contributed by atoms with Gasteiger partial charge in [-0.2, -0.15) is 0 Å². The molecular formula is C46H87NO13. The number of carbonyl (C=O) groups excluding carboxylic acids is 1. The van der Waals surface area contributed by atoms with Gasteiger partial charge in [0, 0.05) is 6.42 Å². The van der Waals surface area contributed by atoms with Crippen LogP contribution in [0.3, 0.4) is 0 Å². The van der Waals surface area contributed by atoms with Crippen LogP contribution >= 0.6 is 0 Å². The first-order valence-corrected chi connectivity index (χ1v) is 23.9. The summed E-state index contributed by atoms with van der Waals surface area (Å²) in [5.74, 6) is -0.240. The molecule has 0 bridgehead atoms. The molecule has 4 unspecified atom stereocenters. The molecular weight excluding hydrogens is 774 g/mol. The zero-order valence-electron chi connectivity index (χ0n) is 37.2. The number of hydrogen-bond acceptors (Lipinski definition) is 13. The topological polar surface area (TPSA) is 228 Å². The van der Waals surface area contributed by atoms with E-state index < -0.39 is 86.8 Å². The van der Waals surface area contributed by atoms with Gasteiger partial charge in [0.15, 0.2) is 12.6 Å². The Balaban J connectivity index is 1.89. The Morgan fingerprint density at radius 3 is 1.53 bits per heavy atom. The Morgan fingerprint density at radius 2 is 1.03 bits per heavy atom. The molecule has 14 heteroatoms. The van der Waals surface area contributed by atoms with E-state index in [1.54, 1.807) is 6.08 Å². The van der Waals surface area contributed by atoms with Crippen molar-refractivity contribution in [2.24, 2.45) is 0 Å². The predicted octanol–water partition coefficient (Wildman–Crippen LogP) is 5.21. The summed E-state index contributed by atoms with van der Waals surface area (Å²) >= 11 is 0. The van der Waals surface area contributed by atoms with E-state index >= 15 is 0 Å². The Hall–Kier alpha value is -1.27. The second-order valence-electron chi connectivity index (χ2n) is 17.2. The van der Waals surface area contributed by atoms with Gasteiger partial charge in [-0.1, -0.05) is 167 Å². The van der Waals surface area contributed by atoms with Gasteiger partial charge in [-0.3, -0.25) is 4.79 Å². The molecule has 0 aromatic rings. The average Bonchev–Trinajstić information content (AvgIpc) is 3.24. The molecule has 2 rings (SSSR count). The number of aliphatic hydroxyl groups excluding tert-OH is 8. The molecule has 0 aromatic carbocycles. The number of rotatable bonds is 36. The lowest BCUT2D eigenvalue weighted by molar-refractivity contribution is -0.359. The molecule has 0 radical (unpaired) electrons. The van der Waals surface area contributed by atoms with Crippen molar-refractivity contribution in [3.63, 3.8) is 0 Å². The standard InChI is InChI=1S/C46H87NO13/c1-3-5-7-9-11-13-15-17-18-19-21-23-25-27-29-35(50)34(47-38(51)30-28-26-24-22-20-16-14-12-10-8-6-4-2)33-57-45-43(56)41(54)44(37(32-49)59-45)60-46-42(55)40(53)39(52)36(31-48)58-46/h27,29,34-37,39-46,48-50,52-56H,3-26,28,30-33H2,1-2H3,(H,47,51)/b29-27+/t34-,35+,36+,37+,39-,40?,41?,42?,43?,44+,45+,46-/m0/s1. The largest absolute Gasteiger partial charge is 0.394 e. The molecule has 0 spiro atoms. The first kappa shape index (κ1) is 54.9. The summed E-state index contributed by atoms with van der Waals surface area (Å²) in [7, 11) is 0. The summed E-state index contributed by atoms with van der Waals surface area (Å²) in [6.07, 6.45) is 16.8. The fraction of sp³-hybridized carbons (Fsp3) is 0.935. The molecule has 9 N–H and O–H groups in total. The molecule has 2 aliphatic heterocycles. The van der Waals surface area contributed by atoms with Crippen molar-refractivity contribution in [1.29, 1.82) is 0 Å². The highest BCUT2D eigenvalue weighted by Crippen LogP contribution is 2.30. The van der Waals surface area contributed by atoms with Crippen molar-refractivity contribution in [2.45, 2.75) is 254 Å². The van der Waals surface area contributed by atoms with E-state index in [9.17, 15) is 45.6 Å². The highest BCUT2D eigenvalue weighted by Gasteiger charge is 2.51. The van der Waals surface area contributed by atoms with Crippen LogP contribution < -0.4 is 5.32 Å². The molecule has 0 aromatic heterocycles. The fourth-order valence-corrected chi connectivity index (χ4v) is 8.00. The number of carbonyl (C=O) groups is 1. The number of ether oxygens (including phenoxy) is 4. The van der Waals surface area contributed by atoms with Gasteiger partial charge < -0.3 is 65.1 Å². The van der Waals surface area contributed by atoms with Crippen LogP contribution in [-0.4, -0.2) is 140 Å². The number of amides is 1. The van der Waals surface area contributed by atoms with Crippen LogP contribution in [0.25, 0.3) is 0 Å². The van der Waals surface area contributed by atoms with E-state index in [-0.39, 0.29) is 18.9 Å². The summed E-state index contributed by atoms with van der Waals surface area (Å²) in [6, 6.07) is -0.906. The maximum Gasteiger partial charge on any atom is 0.220 e. The maximum absolute atomic E-state index is 13.1. The lowest BCUT2D eigenvalue weighted by Crippen LogP contribution is -2.65. The van der Waals surface area contributed by atoms with Crippen LogP contribution in [0.15, 0.2) is 12.2 Å². The number of nitrogens with one attached hydrogen (secondary N) is 1. The second-order valence-corrected chi connectivity index (χ2v) is 17.2. The minimum absolute atomic E-state index is 0.240. The molecule has 0 aliphatic carbocycles. The van der Waals surface area contributed by atoms with E-state index in [4.69, 9.17) is 18.9 Å². The van der Waals surface area contributed by atoms with Gasteiger partial charge in [0.1, 0.15) is 48.8 Å². The van der Waals surface area contributed by atoms with Crippen molar-refractivity contribution in [2.75, 3.05) is 19.8 Å². The lowest BCUT2D eigenvalue weighted by Gasteiger charge is -2.46. The van der Waals surface area contributed by atoms with E-state index in [1.807, 2.05) is 6.08 Å². The first-order chi connectivity index (χ1) is 29.1. The van der Waals surface area contributed by atoms with E-state index in [0.29, 0.717) is 6.42 Å². The molecule has 1 amide bonds. The highest BCUT2D eigenvalue weighted by molar-refractivity contribution is 5.76. The van der Waals surface area contributed by atoms with Gasteiger partial charge in [0.25, 0.3) is 0 Å². The van der Waals surface area contributed by atoms with Crippen molar-refractivity contribution < 1.29 is 64.6 Å². The minimum Gasteiger partial charge on any atom is -0.394 e. The molecule has 2 aliphatic rings. The van der Waals surface area contributed by atoms with Crippen molar-refractivity contribution >= 4 is 5.91 Å². The Labute approximate surface area is 361 Å². The Kier molecular flexibility index (Phi) is 31.3. The Morgan fingerprint density at radius 1 is 0.583 bits per heavy atom. The number of aliphatic hydroxyl groups is 8. The third-order valence-corrected chi connectivity index (χ3v) is 12.0. The molecule has 2 heterocycles. The minimum atomic E-state index is -1.78. The van der Waals surface area contributed by atoms with Gasteiger partial charge in [0.2, 0.25) is 5.91 Å². The van der Waals surface area contributed by atoms with Crippen LogP contribution in [-0.2, 0) is 23.7 Å². The summed E-state index contributed by atoms with van der Waals surface area (Å²) in [6.45, 7) is 2.77. The molecule has 60 heavy (non-hydrogen) atoms. The third kappa shape index (κ3) is 21.9. The lowest BCUT2D eigenvalue weighted by atomic mass is 9.97. The molecule has 0 saturated carbocycles. The Bertz CT molecular complexity index is 1070. The van der Waals surface area contributed by atoms with Crippen LogP contribution in [0, 0.1) is 0 Å². The van der Waals surface area contributed by atoms with Gasteiger partial charge in [0.05, 0.1) is 32.0 Å². The monoisotopic (exact) mass is 862 g/mol. The first-order valence-electron chi connectivity index (χ1n) is 23.9. The normalized spacial score (nSPS) is 28.3. The van der Waals surface area contributed by atoms with Crippen molar-refractivity contribution in [3.8, 4) is 0 Å². The molecule has 14 nitrogen and oxygen atoms in total. The van der Waals surface area contributed by atoms with Crippen molar-refractivity contribution in [1.82, 2.24) is 5.32 Å². The van der Waals surface area contributed by atoms with Crippen molar-refractivity contribution in [3.05, 3.63) is 12.2 Å². The number of hydrogen-bond donors (Lipinski definition) is 9. The van der Waals surface area contributed by atoms with Crippen LogP contribution in [0.1, 0.15) is 181 Å². The molecule has 12 atom stereocenters. The molecule has 2 saturated heterocycles. The van der Waals surface area contributed by atoms with E-state index in [1.165, 1.54) is 116 Å². The van der Waals surface area contributed by atoms with Gasteiger partial charge in [-0.05, 0) is 19.3 Å². The zero-order chi connectivity index (χ0) is 44.0. The maximum atomic E-state index is 13.1. The highest BCUT2D eigenvalue weighted by atomic mass is 16.7. The molecule has 354 valence electrons. The SMILES string of the molecule is CCCCCCCCCCCCCC/C=C/[C@@H](O)[C@H](CO[C@@H]1O[C@H](CO)[C@@H](O[C@@H]2O[C@H](CO)[C@H](O)C(O)C2O)C(O)C1O)NC(=O)CCCCCCCCCCCCCC. The predicted molar refractivity (Wildman–Crippen MR) is 231 cm³/mol. The van der Waals surface area contributed by atoms with Crippen LogP contribution in [0.5, 0.6) is 0 Å². The van der Waals surface area contributed by atoms with Crippen LogP contribution in [0.2, 0.25) is 0 Å². The molecule has 2 fully saturated rings. The van der Waals surface area contributed by atoms with E-state index in [0.717, 1.165) is 38.5 Å². The van der Waals surface area contributed by atoms with Gasteiger partial charge in [-0.15, -0.1) is 0 Å². The average molecular weight is 862 g/mol. The second kappa shape index (κ2) is 34.2. The number of allylic oxidation sites excluding steroid dienone is 1. The summed E-state index contributed by atoms with van der Waals surface area (Å²) in [5.41, 5.74) is 0. The van der Waals surface area contributed by atoms with Gasteiger partial charge in [-0.25, -0.2) is 0 Å². The number of unbranched alkanes of at least 4 members (excludes halogenated alkanes) is 23. The van der Waals surface area contributed by atoms with Crippen LogP contribution in [0.4, 0.5) is 0 Å². The van der Waals surface area contributed by atoms with Gasteiger partial charge >= 0.3 is 0 Å². The van der Waals surface area contributed by atoms with E-state index in [2.05, 4.69) is 19.2 Å². The summed E-state index contributed by atoms with van der Waals surface area (Å²) < 4.78 is 22.6. The third-order valence-electron chi connectivity index (χ3n) is 12.0. The fourth-order valence-electron chi connectivity index (χ4n) is 8.00. The zero-order valence-corrected chi connectivity index (χ0v) is 37.2.